The lowest BCUT2D eigenvalue weighted by Crippen LogP contribution is -2.50. The minimum atomic E-state index is -1.20. The average Bonchev–Trinajstić information content (AvgIpc) is 3.12. The summed E-state index contributed by atoms with van der Waals surface area (Å²) in [5.74, 6) is -0.971. The Morgan fingerprint density at radius 1 is 1.20 bits per heavy atom. The molecule has 0 unspecified atom stereocenters. The second-order valence-electron chi connectivity index (χ2n) is 7.63. The van der Waals surface area contributed by atoms with Crippen LogP contribution in [0.2, 0.25) is 5.02 Å². The fraction of sp³-hybridized carbons (Fsp3) is 0.381. The Labute approximate surface area is 177 Å². The predicted octanol–water partition coefficient (Wildman–Crippen LogP) is 3.50. The van der Waals surface area contributed by atoms with E-state index in [4.69, 9.17) is 21.1 Å². The minimum Gasteiger partial charge on any atom is -0.478 e. The van der Waals surface area contributed by atoms with Gasteiger partial charge in [0.15, 0.2) is 5.65 Å². The number of nitrogens with one attached hydrogen (secondary N) is 1. The largest absolute Gasteiger partial charge is 0.478 e. The number of H-pyrrole nitrogens is 1. The first-order valence-electron chi connectivity index (χ1n) is 9.96. The molecule has 3 aromatic rings. The van der Waals surface area contributed by atoms with Gasteiger partial charge in [0.05, 0.1) is 29.4 Å². The van der Waals surface area contributed by atoms with Crippen LogP contribution in [0.5, 0.6) is 6.01 Å². The van der Waals surface area contributed by atoms with Gasteiger partial charge in [-0.2, -0.15) is 4.98 Å². The average molecular weight is 429 g/mol. The van der Waals surface area contributed by atoms with Crippen molar-refractivity contribution in [3.63, 3.8) is 0 Å². The van der Waals surface area contributed by atoms with Gasteiger partial charge >= 0.3 is 5.97 Å². The first-order chi connectivity index (χ1) is 14.5. The zero-order valence-corrected chi connectivity index (χ0v) is 17.0. The second-order valence-corrected chi connectivity index (χ2v) is 8.04. The maximum atomic E-state index is 11.5. The molecule has 1 saturated heterocycles. The van der Waals surface area contributed by atoms with E-state index in [9.17, 15) is 9.90 Å². The highest BCUT2D eigenvalue weighted by atomic mass is 35.5. The molecule has 2 fully saturated rings. The Kier molecular flexibility index (Phi) is 4.75. The second kappa shape index (κ2) is 7.45. The highest BCUT2D eigenvalue weighted by molar-refractivity contribution is 6.33. The lowest BCUT2D eigenvalue weighted by Gasteiger charge is -2.36. The SMILES string of the molecule is O=C(O)C1(Oc2nc3nc(-c4ccc(N5CCOCC5)cc4)c(Cl)cc3[nH]2)CCC1. The third-order valence-corrected chi connectivity index (χ3v) is 6.05. The summed E-state index contributed by atoms with van der Waals surface area (Å²) in [7, 11) is 0. The molecule has 1 saturated carbocycles. The highest BCUT2D eigenvalue weighted by Crippen LogP contribution is 2.37. The Hall–Kier alpha value is -2.84. The number of nitrogens with zero attached hydrogens (tertiary/aromatic N) is 3. The lowest BCUT2D eigenvalue weighted by molar-refractivity contribution is -0.164. The monoisotopic (exact) mass is 428 g/mol. The molecule has 5 rings (SSSR count). The number of carbonyl (C=O) groups is 1. The maximum absolute atomic E-state index is 11.5. The number of hydrogen-bond acceptors (Lipinski definition) is 6. The van der Waals surface area contributed by atoms with Crippen LogP contribution in [0.3, 0.4) is 0 Å². The highest BCUT2D eigenvalue weighted by Gasteiger charge is 2.47. The molecule has 2 aliphatic rings. The van der Waals surface area contributed by atoms with Crippen LogP contribution in [0.15, 0.2) is 30.3 Å². The molecule has 0 atom stereocenters. The third kappa shape index (κ3) is 3.36. The number of hydrogen-bond donors (Lipinski definition) is 2. The van der Waals surface area contributed by atoms with Crippen molar-refractivity contribution < 1.29 is 19.4 Å². The van der Waals surface area contributed by atoms with Gasteiger partial charge in [-0.3, -0.25) is 0 Å². The molecule has 0 spiro atoms. The van der Waals surface area contributed by atoms with E-state index in [1.165, 1.54) is 0 Å². The number of carboxylic acids is 1. The number of anilines is 1. The Bertz CT molecular complexity index is 1090. The van der Waals surface area contributed by atoms with E-state index < -0.39 is 11.6 Å². The fourth-order valence-corrected chi connectivity index (χ4v) is 4.10. The molecule has 2 aromatic heterocycles. The molecule has 0 amide bonds. The van der Waals surface area contributed by atoms with Crippen molar-refractivity contribution in [3.05, 3.63) is 35.4 Å². The van der Waals surface area contributed by atoms with E-state index >= 15 is 0 Å². The maximum Gasteiger partial charge on any atom is 0.348 e. The standard InChI is InChI=1S/C21H21ClN4O4/c22-15-12-16-18(25-20(23-16)30-21(19(27)28)6-1-7-21)24-17(15)13-2-4-14(5-3-13)26-8-10-29-11-9-26/h2-5,12H,1,6-11H2,(H,27,28)(H,23,24,25). The summed E-state index contributed by atoms with van der Waals surface area (Å²) in [4.78, 5) is 25.7. The fourth-order valence-electron chi connectivity index (χ4n) is 3.84. The Morgan fingerprint density at radius 3 is 2.57 bits per heavy atom. The first-order valence-corrected chi connectivity index (χ1v) is 10.3. The summed E-state index contributed by atoms with van der Waals surface area (Å²) < 4.78 is 11.1. The number of aliphatic carboxylic acids is 1. The quantitative estimate of drug-likeness (QED) is 0.641. The molecule has 8 nitrogen and oxygen atoms in total. The number of aromatic nitrogens is 3. The smallest absolute Gasteiger partial charge is 0.348 e. The van der Waals surface area contributed by atoms with E-state index in [1.807, 2.05) is 12.1 Å². The number of rotatable bonds is 5. The Balaban J connectivity index is 1.42. The van der Waals surface area contributed by atoms with Crippen LogP contribution in [-0.4, -0.2) is 57.9 Å². The van der Waals surface area contributed by atoms with Crippen molar-refractivity contribution in [2.24, 2.45) is 0 Å². The molecule has 1 aliphatic heterocycles. The van der Waals surface area contributed by atoms with Crippen molar-refractivity contribution in [1.29, 1.82) is 0 Å². The van der Waals surface area contributed by atoms with Crippen LogP contribution in [0.4, 0.5) is 5.69 Å². The van der Waals surface area contributed by atoms with E-state index in [1.54, 1.807) is 6.07 Å². The summed E-state index contributed by atoms with van der Waals surface area (Å²) in [6.07, 6.45) is 1.75. The van der Waals surface area contributed by atoms with Gasteiger partial charge in [0.1, 0.15) is 0 Å². The van der Waals surface area contributed by atoms with Crippen molar-refractivity contribution in [1.82, 2.24) is 15.0 Å². The summed E-state index contributed by atoms with van der Waals surface area (Å²) in [6, 6.07) is 9.97. The molecule has 1 aromatic carbocycles. The molecular formula is C21H21ClN4O4. The topological polar surface area (TPSA) is 101 Å². The lowest BCUT2D eigenvalue weighted by atomic mass is 9.80. The van der Waals surface area contributed by atoms with Gasteiger partial charge in [-0.1, -0.05) is 23.7 Å². The molecule has 0 bridgehead atoms. The van der Waals surface area contributed by atoms with Gasteiger partial charge in [-0.15, -0.1) is 0 Å². The van der Waals surface area contributed by atoms with Crippen LogP contribution < -0.4 is 9.64 Å². The predicted molar refractivity (Wildman–Crippen MR) is 112 cm³/mol. The number of benzene rings is 1. The zero-order valence-electron chi connectivity index (χ0n) is 16.2. The van der Waals surface area contributed by atoms with Crippen LogP contribution in [0.25, 0.3) is 22.4 Å². The zero-order chi connectivity index (χ0) is 20.7. The summed E-state index contributed by atoms with van der Waals surface area (Å²) >= 11 is 6.49. The van der Waals surface area contributed by atoms with Crippen molar-refractivity contribution >= 4 is 34.4 Å². The van der Waals surface area contributed by atoms with Crippen molar-refractivity contribution in [2.75, 3.05) is 31.2 Å². The number of fused-ring (bicyclic) bond motifs is 1. The van der Waals surface area contributed by atoms with Crippen molar-refractivity contribution in [3.8, 4) is 17.3 Å². The third-order valence-electron chi connectivity index (χ3n) is 5.76. The number of carboxylic acid groups (broad SMARTS) is 1. The van der Waals surface area contributed by atoms with E-state index in [0.717, 1.165) is 44.0 Å². The molecule has 1 aliphatic carbocycles. The van der Waals surface area contributed by atoms with Gasteiger partial charge in [-0.25, -0.2) is 9.78 Å². The van der Waals surface area contributed by atoms with Gasteiger partial charge in [0.25, 0.3) is 6.01 Å². The number of morpholine rings is 1. The normalized spacial score (nSPS) is 18.2. The first kappa shape index (κ1) is 19.1. The molecule has 30 heavy (non-hydrogen) atoms. The number of imidazole rings is 1. The van der Waals surface area contributed by atoms with E-state index in [0.29, 0.717) is 34.7 Å². The van der Waals surface area contributed by atoms with Crippen molar-refractivity contribution in [2.45, 2.75) is 24.9 Å². The van der Waals surface area contributed by atoms with Crippen LogP contribution >= 0.6 is 11.6 Å². The molecule has 2 N–H and O–H groups in total. The molecule has 156 valence electrons. The van der Waals surface area contributed by atoms with Crippen LogP contribution in [0, 0.1) is 0 Å². The molecule has 9 heteroatoms. The number of pyridine rings is 1. The number of aromatic amines is 1. The number of ether oxygens (including phenoxy) is 2. The Morgan fingerprint density at radius 2 is 1.93 bits per heavy atom. The molecular weight excluding hydrogens is 408 g/mol. The molecule has 0 radical (unpaired) electrons. The van der Waals surface area contributed by atoms with Gasteiger partial charge in [0.2, 0.25) is 5.60 Å². The van der Waals surface area contributed by atoms with Gasteiger partial charge < -0.3 is 24.5 Å². The summed E-state index contributed by atoms with van der Waals surface area (Å²) in [5, 5.41) is 9.94. The number of halogens is 1. The van der Waals surface area contributed by atoms with Crippen LogP contribution in [0.1, 0.15) is 19.3 Å². The van der Waals surface area contributed by atoms with E-state index in [2.05, 4.69) is 32.0 Å². The van der Waals surface area contributed by atoms with Crippen LogP contribution in [-0.2, 0) is 9.53 Å². The van der Waals surface area contributed by atoms with Gasteiger partial charge in [0, 0.05) is 24.3 Å². The summed E-state index contributed by atoms with van der Waals surface area (Å²) in [5.41, 5.74) is 2.47. The summed E-state index contributed by atoms with van der Waals surface area (Å²) in [6.45, 7) is 3.22. The van der Waals surface area contributed by atoms with E-state index in [-0.39, 0.29) is 6.01 Å². The minimum absolute atomic E-state index is 0.149. The molecule has 3 heterocycles. The van der Waals surface area contributed by atoms with Gasteiger partial charge in [-0.05, 0) is 37.5 Å².